The Kier molecular flexibility index (Phi) is 4.03. The Balaban J connectivity index is 2.32. The Bertz CT molecular complexity index is 472. The summed E-state index contributed by atoms with van der Waals surface area (Å²) in [6, 6.07) is -0.0267. The van der Waals surface area contributed by atoms with E-state index in [1.165, 1.54) is 16.2 Å². The lowest BCUT2D eigenvalue weighted by atomic mass is 9.91. The molecule has 114 valence electrons. The molecule has 1 aliphatic carbocycles. The van der Waals surface area contributed by atoms with E-state index < -0.39 is 12.7 Å². The maximum atomic E-state index is 12.7. The largest absolute Gasteiger partial charge is 0.406 e. The molecule has 0 radical (unpaired) electrons. The molecular formula is C13H20F3N3S. The highest BCUT2D eigenvalue weighted by molar-refractivity contribution is 7.15. The van der Waals surface area contributed by atoms with E-state index in [-0.39, 0.29) is 11.5 Å². The molecule has 0 amide bonds. The van der Waals surface area contributed by atoms with E-state index in [1.54, 1.807) is 0 Å². The topological polar surface area (TPSA) is 42.2 Å². The first-order valence-corrected chi connectivity index (χ1v) is 7.47. The molecule has 3 nitrogen and oxygen atoms in total. The van der Waals surface area contributed by atoms with Crippen molar-refractivity contribution in [3.63, 3.8) is 0 Å². The van der Waals surface area contributed by atoms with Gasteiger partial charge in [0, 0.05) is 22.9 Å². The quantitative estimate of drug-likeness (QED) is 0.926. The third-order valence-electron chi connectivity index (χ3n) is 3.16. The lowest BCUT2D eigenvalue weighted by Gasteiger charge is -2.23. The highest BCUT2D eigenvalue weighted by Gasteiger charge is 2.40. The minimum Gasteiger partial charge on any atom is -0.336 e. The van der Waals surface area contributed by atoms with E-state index in [0.29, 0.717) is 11.7 Å². The molecule has 2 N–H and O–H groups in total. The molecule has 0 bridgehead atoms. The predicted octanol–water partition coefficient (Wildman–Crippen LogP) is 3.43. The van der Waals surface area contributed by atoms with Crippen LogP contribution in [0.25, 0.3) is 0 Å². The molecular weight excluding hydrogens is 287 g/mol. The van der Waals surface area contributed by atoms with E-state index in [1.807, 2.05) is 20.8 Å². The normalized spacial score (nSPS) is 16.6. The molecule has 1 aromatic heterocycles. The van der Waals surface area contributed by atoms with Crippen molar-refractivity contribution in [3.8, 4) is 0 Å². The van der Waals surface area contributed by atoms with Gasteiger partial charge in [0.25, 0.3) is 0 Å². The number of hydrogen-bond donors (Lipinski definition) is 1. The van der Waals surface area contributed by atoms with Crippen LogP contribution in [-0.2, 0) is 12.0 Å². The van der Waals surface area contributed by atoms with Gasteiger partial charge in [0.2, 0.25) is 0 Å². The average molecular weight is 307 g/mol. The second kappa shape index (κ2) is 5.18. The van der Waals surface area contributed by atoms with Gasteiger partial charge in [-0.1, -0.05) is 20.8 Å². The van der Waals surface area contributed by atoms with E-state index in [9.17, 15) is 13.2 Å². The second-order valence-electron chi connectivity index (χ2n) is 6.20. The van der Waals surface area contributed by atoms with Gasteiger partial charge in [0.1, 0.15) is 6.54 Å². The van der Waals surface area contributed by atoms with Crippen LogP contribution in [0.1, 0.15) is 44.2 Å². The Morgan fingerprint density at radius 1 is 1.30 bits per heavy atom. The number of rotatable bonds is 4. The van der Waals surface area contributed by atoms with Gasteiger partial charge in [-0.05, 0) is 12.8 Å². The Morgan fingerprint density at radius 2 is 1.90 bits per heavy atom. The molecule has 0 aliphatic heterocycles. The van der Waals surface area contributed by atoms with Gasteiger partial charge in [-0.2, -0.15) is 13.2 Å². The summed E-state index contributed by atoms with van der Waals surface area (Å²) in [6.45, 7) is 5.37. The Hall–Kier alpha value is -0.820. The molecule has 1 heterocycles. The van der Waals surface area contributed by atoms with Crippen LogP contribution in [0.4, 0.5) is 18.3 Å². The Morgan fingerprint density at radius 3 is 2.25 bits per heavy atom. The summed E-state index contributed by atoms with van der Waals surface area (Å²) >= 11 is 1.29. The van der Waals surface area contributed by atoms with Crippen LogP contribution >= 0.6 is 11.3 Å². The number of thiazole rings is 1. The van der Waals surface area contributed by atoms with Crippen molar-refractivity contribution in [2.24, 2.45) is 5.73 Å². The van der Waals surface area contributed by atoms with Crippen LogP contribution in [0.3, 0.4) is 0 Å². The number of aromatic nitrogens is 1. The molecule has 0 saturated heterocycles. The number of halogens is 3. The summed E-state index contributed by atoms with van der Waals surface area (Å²) in [5.74, 6) is 0. The van der Waals surface area contributed by atoms with Crippen molar-refractivity contribution in [1.29, 1.82) is 0 Å². The molecule has 0 atom stereocenters. The summed E-state index contributed by atoms with van der Waals surface area (Å²) in [7, 11) is 0. The minimum absolute atomic E-state index is 0.0267. The van der Waals surface area contributed by atoms with E-state index in [2.05, 4.69) is 4.98 Å². The number of anilines is 1. The van der Waals surface area contributed by atoms with Gasteiger partial charge in [0.05, 0.1) is 5.69 Å². The van der Waals surface area contributed by atoms with Crippen LogP contribution in [0.15, 0.2) is 0 Å². The maximum absolute atomic E-state index is 12.7. The van der Waals surface area contributed by atoms with Gasteiger partial charge in [-0.3, -0.25) is 0 Å². The van der Waals surface area contributed by atoms with Crippen LogP contribution in [-0.4, -0.2) is 23.7 Å². The zero-order valence-electron chi connectivity index (χ0n) is 11.9. The van der Waals surface area contributed by atoms with Crippen LogP contribution in [0.5, 0.6) is 0 Å². The van der Waals surface area contributed by atoms with Crippen LogP contribution < -0.4 is 10.6 Å². The third kappa shape index (κ3) is 3.63. The summed E-state index contributed by atoms with van der Waals surface area (Å²) < 4.78 is 38.1. The summed E-state index contributed by atoms with van der Waals surface area (Å²) in [5.41, 5.74) is 6.31. The zero-order valence-corrected chi connectivity index (χ0v) is 12.7. The standard InChI is InChI=1S/C13H20F3N3S/c1-12(2,3)10-9(6-17)20-11(18-10)19(8-4-5-8)7-13(14,15)16/h8H,4-7,17H2,1-3H3. The molecule has 1 saturated carbocycles. The van der Waals surface area contributed by atoms with Gasteiger partial charge in [-0.25, -0.2) is 4.98 Å². The first kappa shape index (κ1) is 15.6. The van der Waals surface area contributed by atoms with Gasteiger partial charge in [0.15, 0.2) is 5.13 Å². The van der Waals surface area contributed by atoms with Gasteiger partial charge >= 0.3 is 6.18 Å². The first-order chi connectivity index (χ1) is 9.12. The molecule has 2 rings (SSSR count). The molecule has 1 aromatic rings. The molecule has 20 heavy (non-hydrogen) atoms. The smallest absolute Gasteiger partial charge is 0.336 e. The van der Waals surface area contributed by atoms with Crippen molar-refractivity contribution in [3.05, 3.63) is 10.6 Å². The number of hydrogen-bond acceptors (Lipinski definition) is 4. The van der Waals surface area contributed by atoms with Gasteiger partial charge < -0.3 is 10.6 Å². The minimum atomic E-state index is -4.21. The fourth-order valence-electron chi connectivity index (χ4n) is 2.12. The van der Waals surface area contributed by atoms with E-state index in [4.69, 9.17) is 5.73 Å². The van der Waals surface area contributed by atoms with Gasteiger partial charge in [-0.15, -0.1) is 11.3 Å². The summed E-state index contributed by atoms with van der Waals surface area (Å²) in [5, 5.41) is 0.454. The van der Waals surface area contributed by atoms with E-state index >= 15 is 0 Å². The lowest BCUT2D eigenvalue weighted by molar-refractivity contribution is -0.120. The van der Waals surface area contributed by atoms with Crippen molar-refractivity contribution in [1.82, 2.24) is 4.98 Å². The highest BCUT2D eigenvalue weighted by Crippen LogP contribution is 2.39. The van der Waals surface area contributed by atoms with Crippen molar-refractivity contribution in [2.45, 2.75) is 57.8 Å². The maximum Gasteiger partial charge on any atom is 0.406 e. The third-order valence-corrected chi connectivity index (χ3v) is 4.28. The monoisotopic (exact) mass is 307 g/mol. The fraction of sp³-hybridized carbons (Fsp3) is 0.769. The fourth-order valence-corrected chi connectivity index (χ4v) is 3.34. The van der Waals surface area contributed by atoms with Crippen molar-refractivity contribution < 1.29 is 13.2 Å². The lowest BCUT2D eigenvalue weighted by Crippen LogP contribution is -2.36. The predicted molar refractivity (Wildman–Crippen MR) is 75.1 cm³/mol. The van der Waals surface area contributed by atoms with Crippen molar-refractivity contribution >= 4 is 16.5 Å². The molecule has 1 aliphatic rings. The number of alkyl halides is 3. The average Bonchev–Trinajstić information content (AvgIpc) is 3.01. The van der Waals surface area contributed by atoms with Crippen molar-refractivity contribution in [2.75, 3.05) is 11.4 Å². The molecule has 7 heteroatoms. The van der Waals surface area contributed by atoms with E-state index in [0.717, 1.165) is 23.4 Å². The summed E-state index contributed by atoms with van der Waals surface area (Å²) in [4.78, 5) is 6.73. The summed E-state index contributed by atoms with van der Waals surface area (Å²) in [6.07, 6.45) is -2.60. The van der Waals surface area contributed by atoms with Crippen LogP contribution in [0.2, 0.25) is 0 Å². The SMILES string of the molecule is CC(C)(C)c1nc(N(CC(F)(F)F)C2CC2)sc1CN. The van der Waals surface area contributed by atoms with Crippen LogP contribution in [0, 0.1) is 0 Å². The molecule has 1 fully saturated rings. The zero-order chi connectivity index (χ0) is 15.1. The second-order valence-corrected chi connectivity index (χ2v) is 7.26. The highest BCUT2D eigenvalue weighted by atomic mass is 32.1. The molecule has 0 aromatic carbocycles. The number of nitrogens with two attached hydrogens (primary N) is 1. The molecule has 0 unspecified atom stereocenters. The Labute approximate surface area is 121 Å². The number of nitrogens with zero attached hydrogens (tertiary/aromatic N) is 2. The molecule has 0 spiro atoms. The first-order valence-electron chi connectivity index (χ1n) is 6.65.